The van der Waals surface area contributed by atoms with Crippen LogP contribution in [-0.4, -0.2) is 336 Å². The molecule has 0 amide bonds. The van der Waals surface area contributed by atoms with Gasteiger partial charge in [-0.15, -0.1) is 0 Å². The first-order valence-corrected chi connectivity index (χ1v) is 32.6. The number of fused-ring (bicyclic) bond motifs is 5. The van der Waals surface area contributed by atoms with E-state index in [-0.39, 0.29) is 98.4 Å². The quantitative estimate of drug-likeness (QED) is 0.0340. The Morgan fingerprint density at radius 2 is 0.824 bits per heavy atom. The van der Waals surface area contributed by atoms with Crippen LogP contribution in [0.2, 0.25) is 0 Å². The molecular formula is C60H104O31. The summed E-state index contributed by atoms with van der Waals surface area (Å²) in [6.07, 6.45) is -33.2. The van der Waals surface area contributed by atoms with Gasteiger partial charge in [-0.05, 0) is 85.9 Å². The van der Waals surface area contributed by atoms with Crippen LogP contribution < -0.4 is 0 Å². The van der Waals surface area contributed by atoms with Gasteiger partial charge in [0.05, 0.1) is 91.0 Å². The molecule has 9 fully saturated rings. The standard InChI is InChI=1S/C60H104O31/c1-5-6-25(2)28-7-8-29-38-30(19-37(60(28,29)4)81-13-16-84-56-51(78)46(73)53(36(24-65)89-56)91-58-49(76)44(71)41(68)34(22-63)87-58)59(3)10-9-27(17-26(59)18-31(38)80-12-15-83-54-47(74)42(69)39(66)32(20-61)85-54)79-11-14-82-55-50(77)45(72)52(35(23-64)88-55)90-57-48(75)43(70)40(67)33(21-62)86-57/h25-58,61-78H,5-24H2,1-4H3/t25-,26+,27-,28-,29+,30+,31-,32?,33?,34?,35?,36?,37+,38+,39?,40?,41?,42?,43?,44?,45?,46?,47?,48?,49?,50?,51?,52?,53?,54?,55?,56?,57?,58?,59+,60-/m1/s1. The van der Waals surface area contributed by atoms with Gasteiger partial charge >= 0.3 is 0 Å². The SMILES string of the molecule is CCC[C@@H](C)[C@H]1CC[C@H]2[C@@H]3[C@H](OCCOC4OC(CO)C(O)C(O)C4O)C[C@@H]4C[C@H](OCCOC5OC(CO)C(OC6OC(CO)C(O)C(O)C6O)C(O)C5O)CC[C@]4(C)[C@H]3C[C@H](OCCOC3OC(CO)C(OC4OC(CO)C(O)C(O)C4O)C(O)C3O)[C@]12C. The van der Waals surface area contributed by atoms with Crippen molar-refractivity contribution in [1.29, 1.82) is 0 Å². The first-order chi connectivity index (χ1) is 43.4. The predicted octanol–water partition coefficient (Wildman–Crippen LogP) is -6.45. The largest absolute Gasteiger partial charge is 0.394 e. The maximum absolute atomic E-state index is 11.3. The Balaban J connectivity index is 0.871. The number of hydrogen-bond donors (Lipinski definition) is 18. The average Bonchev–Trinajstić information content (AvgIpc) is 1.69. The molecule has 9 aliphatic rings. The van der Waals surface area contributed by atoms with E-state index in [2.05, 4.69) is 27.7 Å². The Morgan fingerprint density at radius 1 is 0.418 bits per heavy atom. The molecule has 0 aromatic rings. The molecule has 18 N–H and O–H groups in total. The fourth-order valence-corrected chi connectivity index (χ4v) is 17.0. The summed E-state index contributed by atoms with van der Waals surface area (Å²) in [7, 11) is 0. The first-order valence-electron chi connectivity index (χ1n) is 32.6. The minimum absolute atomic E-state index is 0.0431. The van der Waals surface area contributed by atoms with Crippen LogP contribution in [0.3, 0.4) is 0 Å². The zero-order valence-corrected chi connectivity index (χ0v) is 52.1. The Kier molecular flexibility index (Phi) is 26.2. The molecular weight excluding hydrogens is 1220 g/mol. The third-order valence-electron chi connectivity index (χ3n) is 22.1. The van der Waals surface area contributed by atoms with Crippen molar-refractivity contribution < 1.29 is 153 Å². The fourth-order valence-electron chi connectivity index (χ4n) is 17.0. The lowest BCUT2D eigenvalue weighted by molar-refractivity contribution is -0.360. The fraction of sp³-hybridized carbons (Fsp3) is 1.00. The van der Waals surface area contributed by atoms with E-state index >= 15 is 0 Å². The molecule has 0 spiro atoms. The molecule has 5 aliphatic heterocycles. The van der Waals surface area contributed by atoms with Crippen molar-refractivity contribution in [2.75, 3.05) is 72.7 Å². The van der Waals surface area contributed by atoms with Crippen molar-refractivity contribution in [3.8, 4) is 0 Å². The molecule has 9 rings (SSSR count). The number of rotatable bonds is 27. The summed E-state index contributed by atoms with van der Waals surface area (Å²) in [5, 5.41) is 189. The zero-order valence-electron chi connectivity index (χ0n) is 52.1. The van der Waals surface area contributed by atoms with Crippen molar-refractivity contribution in [1.82, 2.24) is 0 Å². The summed E-state index contributed by atoms with van der Waals surface area (Å²) in [6.45, 7) is 5.45. The summed E-state index contributed by atoms with van der Waals surface area (Å²) in [5.74, 6) is 0.836. The molecule has 5 heterocycles. The van der Waals surface area contributed by atoms with Gasteiger partial charge in [0, 0.05) is 5.41 Å². The van der Waals surface area contributed by atoms with Crippen LogP contribution in [0.5, 0.6) is 0 Å². The lowest BCUT2D eigenvalue weighted by atomic mass is 9.43. The highest BCUT2D eigenvalue weighted by Crippen LogP contribution is 2.69. The van der Waals surface area contributed by atoms with E-state index in [0.717, 1.165) is 32.1 Å². The molecule has 4 saturated carbocycles. The van der Waals surface area contributed by atoms with Crippen molar-refractivity contribution in [3.63, 3.8) is 0 Å². The van der Waals surface area contributed by atoms with E-state index in [9.17, 15) is 91.9 Å². The molecule has 31 nitrogen and oxygen atoms in total. The molecule has 36 atom stereocenters. The molecule has 0 radical (unpaired) electrons. The van der Waals surface area contributed by atoms with Gasteiger partial charge in [0.2, 0.25) is 0 Å². The number of aliphatic hydroxyl groups is 18. The van der Waals surface area contributed by atoms with Crippen LogP contribution >= 0.6 is 0 Å². The monoisotopic (exact) mass is 1320 g/mol. The number of aliphatic hydroxyl groups excluding tert-OH is 18. The molecule has 4 aliphatic carbocycles. The highest BCUT2D eigenvalue weighted by Gasteiger charge is 2.67. The van der Waals surface area contributed by atoms with E-state index in [4.69, 9.17) is 61.6 Å². The molecule has 0 bridgehead atoms. The molecule has 0 aromatic heterocycles. The average molecular weight is 1320 g/mol. The van der Waals surface area contributed by atoms with Crippen LogP contribution in [0.1, 0.15) is 85.5 Å². The smallest absolute Gasteiger partial charge is 0.187 e. The van der Waals surface area contributed by atoms with Gasteiger partial charge in [0.15, 0.2) is 31.5 Å². The Hall–Kier alpha value is -1.24. The minimum atomic E-state index is -1.83. The molecule has 91 heavy (non-hydrogen) atoms. The lowest BCUT2D eigenvalue weighted by Gasteiger charge is -2.64. The summed E-state index contributed by atoms with van der Waals surface area (Å²) in [4.78, 5) is 0. The second-order valence-corrected chi connectivity index (χ2v) is 27.1. The molecule has 0 aromatic carbocycles. The highest BCUT2D eigenvalue weighted by molar-refractivity contribution is 5.15. The van der Waals surface area contributed by atoms with E-state index in [0.29, 0.717) is 31.6 Å². The van der Waals surface area contributed by atoms with Gasteiger partial charge in [0.25, 0.3) is 0 Å². The maximum atomic E-state index is 11.3. The third kappa shape index (κ3) is 15.2. The van der Waals surface area contributed by atoms with Crippen molar-refractivity contribution in [2.24, 2.45) is 46.3 Å². The Bertz CT molecular complexity index is 2190. The topological polar surface area (TPSA) is 484 Å². The van der Waals surface area contributed by atoms with Crippen LogP contribution in [0.4, 0.5) is 0 Å². The first kappa shape index (κ1) is 74.0. The number of hydrogen-bond acceptors (Lipinski definition) is 31. The second kappa shape index (κ2) is 32.2. The van der Waals surface area contributed by atoms with Crippen LogP contribution in [-0.2, 0) is 61.6 Å². The van der Waals surface area contributed by atoms with Gasteiger partial charge in [-0.3, -0.25) is 0 Å². The second-order valence-electron chi connectivity index (χ2n) is 27.1. The van der Waals surface area contributed by atoms with Crippen LogP contribution in [0.25, 0.3) is 0 Å². The molecule has 25 unspecified atom stereocenters. The van der Waals surface area contributed by atoms with E-state index in [1.165, 1.54) is 0 Å². The van der Waals surface area contributed by atoms with Crippen molar-refractivity contribution in [3.05, 3.63) is 0 Å². The Morgan fingerprint density at radius 3 is 1.29 bits per heavy atom. The van der Waals surface area contributed by atoms with Gasteiger partial charge in [-0.1, -0.05) is 40.5 Å². The molecule has 530 valence electrons. The highest BCUT2D eigenvalue weighted by atomic mass is 16.8. The summed E-state index contributed by atoms with van der Waals surface area (Å²) in [6, 6.07) is 0. The van der Waals surface area contributed by atoms with Gasteiger partial charge in [-0.25, -0.2) is 0 Å². The lowest BCUT2D eigenvalue weighted by Crippen LogP contribution is -2.64. The van der Waals surface area contributed by atoms with Crippen LogP contribution in [0.15, 0.2) is 0 Å². The Labute approximate surface area is 528 Å². The van der Waals surface area contributed by atoms with Gasteiger partial charge in [-0.2, -0.15) is 0 Å². The number of ether oxygens (including phenoxy) is 13. The van der Waals surface area contributed by atoms with E-state index in [1.807, 2.05) is 0 Å². The van der Waals surface area contributed by atoms with E-state index in [1.54, 1.807) is 0 Å². The summed E-state index contributed by atoms with van der Waals surface area (Å²) >= 11 is 0. The molecule has 5 saturated heterocycles. The van der Waals surface area contributed by atoms with Crippen molar-refractivity contribution >= 4 is 0 Å². The van der Waals surface area contributed by atoms with Gasteiger partial charge < -0.3 is 153 Å². The maximum Gasteiger partial charge on any atom is 0.187 e. The zero-order chi connectivity index (χ0) is 66.0. The minimum Gasteiger partial charge on any atom is -0.394 e. The van der Waals surface area contributed by atoms with Crippen molar-refractivity contribution in [2.45, 2.75) is 257 Å². The molecule has 31 heteroatoms. The van der Waals surface area contributed by atoms with Gasteiger partial charge in [0.1, 0.15) is 122 Å². The summed E-state index contributed by atoms with van der Waals surface area (Å²) in [5.41, 5.74) is -0.628. The van der Waals surface area contributed by atoms with Crippen LogP contribution in [0, 0.1) is 46.3 Å². The predicted molar refractivity (Wildman–Crippen MR) is 304 cm³/mol. The summed E-state index contributed by atoms with van der Waals surface area (Å²) < 4.78 is 78.1. The van der Waals surface area contributed by atoms with E-state index < -0.39 is 187 Å². The third-order valence-corrected chi connectivity index (χ3v) is 22.1. The normalized spacial score (nSPS) is 50.6.